The number of hydrogen-bond acceptors (Lipinski definition) is 9. The van der Waals surface area contributed by atoms with Gasteiger partial charge in [0.05, 0.1) is 32.5 Å². The van der Waals surface area contributed by atoms with Gasteiger partial charge < -0.3 is 23.2 Å². The van der Waals surface area contributed by atoms with E-state index < -0.39 is 26.3 Å². The van der Waals surface area contributed by atoms with Gasteiger partial charge in [0.15, 0.2) is 0 Å². The van der Waals surface area contributed by atoms with Gasteiger partial charge in [0.1, 0.15) is 5.75 Å². The van der Waals surface area contributed by atoms with Crippen molar-refractivity contribution >= 4 is 15.2 Å². The normalized spacial score (nSPS) is 18.7. The second kappa shape index (κ2) is 12.1. The lowest BCUT2D eigenvalue weighted by molar-refractivity contribution is -0.174. The van der Waals surface area contributed by atoms with E-state index in [0.29, 0.717) is 6.54 Å². The summed E-state index contributed by atoms with van der Waals surface area (Å²) in [4.78, 5) is 6.44. The van der Waals surface area contributed by atoms with Crippen molar-refractivity contribution in [1.82, 2.24) is 5.06 Å². The molecule has 1 aliphatic heterocycles. The first kappa shape index (κ1) is 28.0. The second-order valence-electron chi connectivity index (χ2n) is 7.87. The molecule has 35 heavy (non-hydrogen) atoms. The minimum atomic E-state index is -4.21. The highest BCUT2D eigenvalue weighted by Gasteiger charge is 2.72. The van der Waals surface area contributed by atoms with Gasteiger partial charge in [-0.15, -0.1) is 0 Å². The third kappa shape index (κ3) is 5.74. The minimum absolute atomic E-state index is 0.0425. The SMILES string of the molecule is CCOP(=O)(OCC)C1(P(=O)(OCC)OCC)CC(c2ccc(O)cc2)N(Cc2ccccc2)O1. The number of hydrogen-bond donors (Lipinski definition) is 1. The quantitative estimate of drug-likeness (QED) is 0.294. The zero-order valence-corrected chi connectivity index (χ0v) is 22.5. The first-order chi connectivity index (χ1) is 16.8. The van der Waals surface area contributed by atoms with Crippen molar-refractivity contribution in [2.75, 3.05) is 26.4 Å². The molecule has 0 radical (unpaired) electrons. The summed E-state index contributed by atoms with van der Waals surface area (Å²) in [6.07, 6.45) is -0.0425. The van der Waals surface area contributed by atoms with Gasteiger partial charge in [0, 0.05) is 13.0 Å². The molecule has 0 bridgehead atoms. The van der Waals surface area contributed by atoms with E-state index in [1.807, 2.05) is 30.3 Å². The zero-order valence-electron chi connectivity index (χ0n) is 20.7. The first-order valence-electron chi connectivity index (χ1n) is 11.8. The van der Waals surface area contributed by atoms with Crippen LogP contribution < -0.4 is 0 Å². The number of benzene rings is 2. The molecule has 0 amide bonds. The number of aromatic hydroxyl groups is 1. The van der Waals surface area contributed by atoms with Gasteiger partial charge >= 0.3 is 15.2 Å². The largest absolute Gasteiger partial charge is 0.508 e. The zero-order chi connectivity index (χ0) is 25.5. The van der Waals surface area contributed by atoms with Crippen molar-refractivity contribution < 1.29 is 37.2 Å². The predicted molar refractivity (Wildman–Crippen MR) is 133 cm³/mol. The van der Waals surface area contributed by atoms with E-state index in [1.165, 1.54) is 0 Å². The molecule has 1 aliphatic rings. The standard InChI is InChI=1S/C24H35NO8P2/c1-5-29-34(27,30-6-2)24(35(28,31-7-3)32-8-4)18-23(21-14-16-22(26)17-15-21)25(33-24)19-20-12-10-9-11-13-20/h9-17,23,26H,5-8,18-19H2,1-4H3. The highest BCUT2D eigenvalue weighted by atomic mass is 31.2. The van der Waals surface area contributed by atoms with Crippen LogP contribution in [0.15, 0.2) is 54.6 Å². The van der Waals surface area contributed by atoms with Gasteiger partial charge in [-0.1, -0.05) is 42.5 Å². The Morgan fingerprint density at radius 3 is 1.80 bits per heavy atom. The lowest BCUT2D eigenvalue weighted by atomic mass is 10.0. The Morgan fingerprint density at radius 1 is 0.857 bits per heavy atom. The molecule has 3 rings (SSSR count). The van der Waals surface area contributed by atoms with E-state index in [4.69, 9.17) is 22.9 Å². The molecule has 1 saturated heterocycles. The van der Waals surface area contributed by atoms with Gasteiger partial charge in [0.2, 0.25) is 0 Å². The molecular weight excluding hydrogens is 492 g/mol. The molecule has 0 spiro atoms. The molecule has 1 heterocycles. The van der Waals surface area contributed by atoms with Gasteiger partial charge in [0.25, 0.3) is 5.08 Å². The van der Waals surface area contributed by atoms with Crippen LogP contribution in [0.5, 0.6) is 5.75 Å². The molecule has 11 heteroatoms. The smallest absolute Gasteiger partial charge is 0.376 e. The Morgan fingerprint density at radius 2 is 1.34 bits per heavy atom. The maximum Gasteiger partial charge on any atom is 0.376 e. The number of phenols is 1. The molecule has 0 aliphatic carbocycles. The van der Waals surface area contributed by atoms with Crippen LogP contribution >= 0.6 is 15.2 Å². The third-order valence-corrected chi connectivity index (χ3v) is 11.7. The van der Waals surface area contributed by atoms with Crippen LogP contribution in [-0.2, 0) is 38.6 Å². The summed E-state index contributed by atoms with van der Waals surface area (Å²) in [6.45, 7) is 7.20. The van der Waals surface area contributed by atoms with Crippen molar-refractivity contribution in [2.45, 2.75) is 51.8 Å². The summed E-state index contributed by atoms with van der Waals surface area (Å²) < 4.78 is 51.6. The fourth-order valence-corrected chi connectivity index (χ4v) is 9.57. The van der Waals surface area contributed by atoms with E-state index >= 15 is 0 Å². The van der Waals surface area contributed by atoms with Crippen LogP contribution in [0.4, 0.5) is 0 Å². The molecule has 1 fully saturated rings. The van der Waals surface area contributed by atoms with Crippen molar-refractivity contribution in [3.8, 4) is 5.75 Å². The van der Waals surface area contributed by atoms with Gasteiger partial charge in [-0.05, 0) is 51.0 Å². The van der Waals surface area contributed by atoms with Crippen LogP contribution in [0.25, 0.3) is 0 Å². The van der Waals surface area contributed by atoms with Crippen LogP contribution in [0.2, 0.25) is 0 Å². The van der Waals surface area contributed by atoms with E-state index in [2.05, 4.69) is 0 Å². The van der Waals surface area contributed by atoms with Crippen LogP contribution in [0, 0.1) is 0 Å². The summed E-state index contributed by atoms with van der Waals surface area (Å²) >= 11 is 0. The van der Waals surface area contributed by atoms with E-state index in [-0.39, 0.29) is 38.6 Å². The van der Waals surface area contributed by atoms with Crippen molar-refractivity contribution in [3.05, 3.63) is 65.7 Å². The molecule has 1 atom stereocenters. The average Bonchev–Trinajstić information content (AvgIpc) is 3.22. The van der Waals surface area contributed by atoms with Gasteiger partial charge in [-0.25, -0.2) is 0 Å². The summed E-state index contributed by atoms with van der Waals surface area (Å²) in [5.41, 5.74) is 1.69. The Bertz CT molecular complexity index is 984. The number of rotatable bonds is 13. The molecule has 1 unspecified atom stereocenters. The Hall–Kier alpha value is -1.54. The minimum Gasteiger partial charge on any atom is -0.508 e. The highest BCUT2D eigenvalue weighted by molar-refractivity contribution is 7.74. The van der Waals surface area contributed by atoms with Gasteiger partial charge in [-0.2, -0.15) is 5.06 Å². The maximum atomic E-state index is 14.4. The summed E-state index contributed by atoms with van der Waals surface area (Å²) in [5, 5.41) is 9.42. The predicted octanol–water partition coefficient (Wildman–Crippen LogP) is 6.46. The van der Waals surface area contributed by atoms with Crippen molar-refractivity contribution in [2.24, 2.45) is 0 Å². The monoisotopic (exact) mass is 527 g/mol. The molecule has 2 aromatic rings. The summed E-state index contributed by atoms with van der Waals surface area (Å²) in [7, 11) is -8.43. The lowest BCUT2D eigenvalue weighted by Gasteiger charge is -2.38. The number of nitrogens with zero attached hydrogens (tertiary/aromatic N) is 1. The highest BCUT2D eigenvalue weighted by Crippen LogP contribution is 2.82. The van der Waals surface area contributed by atoms with E-state index in [0.717, 1.165) is 11.1 Å². The Kier molecular flexibility index (Phi) is 9.72. The molecular formula is C24H35NO8P2. The fraction of sp³-hybridized carbons (Fsp3) is 0.500. The summed E-state index contributed by atoms with van der Waals surface area (Å²) in [5.74, 6) is 0.108. The van der Waals surface area contributed by atoms with Crippen molar-refractivity contribution in [1.29, 1.82) is 0 Å². The average molecular weight is 527 g/mol. The topological polar surface area (TPSA) is 104 Å². The molecule has 194 valence electrons. The molecule has 9 nitrogen and oxygen atoms in total. The Balaban J connectivity index is 2.20. The Labute approximate surface area is 207 Å². The lowest BCUT2D eigenvalue weighted by Crippen LogP contribution is -2.34. The second-order valence-corrected chi connectivity index (χ2v) is 12.7. The number of hydroxylamine groups is 2. The van der Waals surface area contributed by atoms with E-state index in [9.17, 15) is 14.2 Å². The van der Waals surface area contributed by atoms with Crippen LogP contribution in [0.1, 0.15) is 51.3 Å². The summed E-state index contributed by atoms with van der Waals surface area (Å²) in [6, 6.07) is 15.7. The maximum absolute atomic E-state index is 14.4. The molecule has 1 N–H and O–H groups in total. The van der Waals surface area contributed by atoms with Crippen molar-refractivity contribution in [3.63, 3.8) is 0 Å². The fourth-order valence-electron chi connectivity index (χ4n) is 4.16. The van der Waals surface area contributed by atoms with Crippen LogP contribution in [-0.4, -0.2) is 41.7 Å². The number of phenolic OH excluding ortho intramolecular Hbond substituents is 1. The van der Waals surface area contributed by atoms with E-state index in [1.54, 1.807) is 57.0 Å². The first-order valence-corrected chi connectivity index (χ1v) is 14.9. The third-order valence-electron chi connectivity index (χ3n) is 5.58. The molecule has 0 saturated carbocycles. The molecule has 2 aromatic carbocycles. The van der Waals surface area contributed by atoms with Crippen LogP contribution in [0.3, 0.4) is 0 Å². The molecule has 0 aromatic heterocycles. The van der Waals surface area contributed by atoms with Gasteiger partial charge in [-0.3, -0.25) is 14.0 Å².